The molecule has 0 unspecified atom stereocenters. The van der Waals surface area contributed by atoms with E-state index in [1.54, 1.807) is 12.1 Å². The highest BCUT2D eigenvalue weighted by atomic mass is 16.4. The molecule has 0 aliphatic heterocycles. The monoisotopic (exact) mass is 259 g/mol. The first-order valence-corrected chi connectivity index (χ1v) is 6.36. The fourth-order valence-electron chi connectivity index (χ4n) is 1.80. The molecule has 4 heteroatoms. The van der Waals surface area contributed by atoms with Gasteiger partial charge in [0.2, 0.25) is 0 Å². The van der Waals surface area contributed by atoms with E-state index >= 15 is 0 Å². The fraction of sp³-hybridized carbons (Fsp3) is 0.333. The Morgan fingerprint density at radius 1 is 1.37 bits per heavy atom. The molecule has 100 valence electrons. The van der Waals surface area contributed by atoms with Crippen molar-refractivity contribution in [2.75, 3.05) is 0 Å². The maximum Gasteiger partial charge on any atom is 0.349 e. The Hall–Kier alpha value is -2.10. The first kappa shape index (κ1) is 13.3. The van der Waals surface area contributed by atoms with Gasteiger partial charge in [-0.1, -0.05) is 18.6 Å². The zero-order valence-electron chi connectivity index (χ0n) is 11.3. The van der Waals surface area contributed by atoms with Crippen molar-refractivity contribution in [1.82, 2.24) is 5.32 Å². The lowest BCUT2D eigenvalue weighted by atomic mass is 10.1. The maximum absolute atomic E-state index is 12.0. The number of hydrogen-bond acceptors (Lipinski definition) is 3. The SMILES string of the molecule is CC[C@@H](C)NC(=O)c1cc2cc(C)ccc2oc1=O. The molecule has 0 aliphatic carbocycles. The average Bonchev–Trinajstić information content (AvgIpc) is 2.38. The Morgan fingerprint density at radius 2 is 2.11 bits per heavy atom. The molecule has 19 heavy (non-hydrogen) atoms. The van der Waals surface area contributed by atoms with Crippen LogP contribution in [0.25, 0.3) is 11.0 Å². The van der Waals surface area contributed by atoms with Gasteiger partial charge in [0.15, 0.2) is 0 Å². The first-order chi connectivity index (χ1) is 9.01. The topological polar surface area (TPSA) is 59.3 Å². The summed E-state index contributed by atoms with van der Waals surface area (Å²) < 4.78 is 5.17. The molecule has 0 radical (unpaired) electrons. The van der Waals surface area contributed by atoms with Gasteiger partial charge in [0, 0.05) is 11.4 Å². The molecule has 0 saturated carbocycles. The lowest BCUT2D eigenvalue weighted by Crippen LogP contribution is -2.34. The van der Waals surface area contributed by atoms with E-state index in [-0.39, 0.29) is 17.5 Å². The zero-order chi connectivity index (χ0) is 14.0. The summed E-state index contributed by atoms with van der Waals surface area (Å²) in [6, 6.07) is 7.11. The third kappa shape index (κ3) is 2.84. The normalized spacial score (nSPS) is 12.4. The van der Waals surface area contributed by atoms with Crippen LogP contribution in [0.1, 0.15) is 36.2 Å². The van der Waals surface area contributed by atoms with Gasteiger partial charge in [-0.3, -0.25) is 4.79 Å². The molecule has 4 nitrogen and oxygen atoms in total. The quantitative estimate of drug-likeness (QED) is 0.862. The summed E-state index contributed by atoms with van der Waals surface area (Å²) in [4.78, 5) is 23.8. The van der Waals surface area contributed by atoms with Crippen molar-refractivity contribution in [3.8, 4) is 0 Å². The van der Waals surface area contributed by atoms with Crippen molar-refractivity contribution < 1.29 is 9.21 Å². The summed E-state index contributed by atoms with van der Waals surface area (Å²) in [6.45, 7) is 5.81. The Labute approximate surface area is 111 Å². The van der Waals surface area contributed by atoms with Crippen LogP contribution >= 0.6 is 0 Å². The van der Waals surface area contributed by atoms with Crippen LogP contribution in [0, 0.1) is 6.92 Å². The van der Waals surface area contributed by atoms with E-state index in [0.29, 0.717) is 5.58 Å². The largest absolute Gasteiger partial charge is 0.422 e. The van der Waals surface area contributed by atoms with E-state index in [0.717, 1.165) is 17.4 Å². The molecule has 1 heterocycles. The molecular formula is C15H17NO3. The summed E-state index contributed by atoms with van der Waals surface area (Å²) in [5, 5.41) is 3.53. The summed E-state index contributed by atoms with van der Waals surface area (Å²) in [6.07, 6.45) is 0.809. The third-order valence-electron chi connectivity index (χ3n) is 3.12. The molecule has 0 fully saturated rings. The summed E-state index contributed by atoms with van der Waals surface area (Å²) in [5.74, 6) is -0.383. The molecular weight excluding hydrogens is 242 g/mol. The number of amides is 1. The maximum atomic E-state index is 12.0. The number of hydrogen-bond donors (Lipinski definition) is 1. The number of nitrogens with one attached hydrogen (secondary N) is 1. The Balaban J connectivity index is 2.46. The van der Waals surface area contributed by atoms with Gasteiger partial charge in [0.1, 0.15) is 11.1 Å². The lowest BCUT2D eigenvalue weighted by Gasteiger charge is -2.10. The molecule has 1 atom stereocenters. The molecule has 1 N–H and O–H groups in total. The molecule has 0 bridgehead atoms. The van der Waals surface area contributed by atoms with Crippen molar-refractivity contribution in [2.45, 2.75) is 33.2 Å². The van der Waals surface area contributed by atoms with Crippen molar-refractivity contribution in [3.05, 3.63) is 45.8 Å². The van der Waals surface area contributed by atoms with Crippen LogP contribution in [0.3, 0.4) is 0 Å². The minimum atomic E-state index is -0.600. The zero-order valence-corrected chi connectivity index (χ0v) is 11.3. The fourth-order valence-corrected chi connectivity index (χ4v) is 1.80. The highest BCUT2D eigenvalue weighted by Crippen LogP contribution is 2.15. The molecule has 0 saturated heterocycles. The van der Waals surface area contributed by atoms with E-state index in [1.807, 2.05) is 32.9 Å². The predicted molar refractivity (Wildman–Crippen MR) is 74.4 cm³/mol. The van der Waals surface area contributed by atoms with Gasteiger partial charge < -0.3 is 9.73 Å². The number of carbonyl (C=O) groups excluding carboxylic acids is 1. The number of aryl methyl sites for hydroxylation is 1. The van der Waals surface area contributed by atoms with Gasteiger partial charge in [0.25, 0.3) is 5.91 Å². The van der Waals surface area contributed by atoms with E-state index < -0.39 is 5.63 Å². The van der Waals surface area contributed by atoms with Gasteiger partial charge in [-0.15, -0.1) is 0 Å². The van der Waals surface area contributed by atoms with Crippen LogP contribution in [-0.2, 0) is 0 Å². The van der Waals surface area contributed by atoms with Crippen LogP contribution in [0.15, 0.2) is 33.5 Å². The Kier molecular flexibility index (Phi) is 3.69. The minimum Gasteiger partial charge on any atom is -0.422 e. The third-order valence-corrected chi connectivity index (χ3v) is 3.12. The minimum absolute atomic E-state index is 0.0279. The molecule has 0 spiro atoms. The summed E-state index contributed by atoms with van der Waals surface area (Å²) in [5.41, 5.74) is 1.00. The highest BCUT2D eigenvalue weighted by Gasteiger charge is 2.15. The van der Waals surface area contributed by atoms with E-state index in [9.17, 15) is 9.59 Å². The van der Waals surface area contributed by atoms with Crippen LogP contribution in [0.5, 0.6) is 0 Å². The van der Waals surface area contributed by atoms with Gasteiger partial charge in [-0.05, 0) is 38.5 Å². The van der Waals surface area contributed by atoms with Gasteiger partial charge in [0.05, 0.1) is 0 Å². The smallest absolute Gasteiger partial charge is 0.349 e. The van der Waals surface area contributed by atoms with Crippen LogP contribution < -0.4 is 10.9 Å². The molecule has 1 aromatic heterocycles. The first-order valence-electron chi connectivity index (χ1n) is 6.36. The second-order valence-electron chi connectivity index (χ2n) is 4.77. The van der Waals surface area contributed by atoms with Crippen molar-refractivity contribution in [2.24, 2.45) is 0 Å². The van der Waals surface area contributed by atoms with Gasteiger partial charge >= 0.3 is 5.63 Å². The number of fused-ring (bicyclic) bond motifs is 1. The van der Waals surface area contributed by atoms with E-state index in [1.165, 1.54) is 0 Å². The Morgan fingerprint density at radius 3 is 2.79 bits per heavy atom. The van der Waals surface area contributed by atoms with Gasteiger partial charge in [-0.25, -0.2) is 4.79 Å². The number of benzene rings is 1. The van der Waals surface area contributed by atoms with Crippen molar-refractivity contribution in [1.29, 1.82) is 0 Å². The molecule has 0 aliphatic rings. The number of carbonyl (C=O) groups is 1. The van der Waals surface area contributed by atoms with E-state index in [2.05, 4.69) is 5.32 Å². The molecule has 2 rings (SSSR count). The van der Waals surface area contributed by atoms with Crippen molar-refractivity contribution >= 4 is 16.9 Å². The van der Waals surface area contributed by atoms with Crippen LogP contribution in [0.4, 0.5) is 0 Å². The second kappa shape index (κ2) is 5.26. The molecule has 2 aromatic rings. The van der Waals surface area contributed by atoms with Crippen LogP contribution in [0.2, 0.25) is 0 Å². The van der Waals surface area contributed by atoms with Gasteiger partial charge in [-0.2, -0.15) is 0 Å². The summed E-state index contributed by atoms with van der Waals surface area (Å²) in [7, 11) is 0. The summed E-state index contributed by atoms with van der Waals surface area (Å²) >= 11 is 0. The van der Waals surface area contributed by atoms with E-state index in [4.69, 9.17) is 4.42 Å². The second-order valence-corrected chi connectivity index (χ2v) is 4.77. The molecule has 1 aromatic carbocycles. The Bertz CT molecular complexity index is 673. The van der Waals surface area contributed by atoms with Crippen molar-refractivity contribution in [3.63, 3.8) is 0 Å². The standard InChI is InChI=1S/C15H17NO3/c1-4-10(3)16-14(17)12-8-11-7-9(2)5-6-13(11)19-15(12)18/h5-8,10H,4H2,1-3H3,(H,16,17)/t10-/m1/s1. The van der Waals surface area contributed by atoms with Crippen LogP contribution in [-0.4, -0.2) is 11.9 Å². The average molecular weight is 259 g/mol. The number of rotatable bonds is 3. The molecule has 1 amide bonds. The predicted octanol–water partition coefficient (Wildman–Crippen LogP) is 2.63. The highest BCUT2D eigenvalue weighted by molar-refractivity contribution is 5.96. The lowest BCUT2D eigenvalue weighted by molar-refractivity contribution is 0.0935.